The molecule has 3 rings (SSSR count). The molecule has 0 aromatic carbocycles. The molecule has 0 spiro atoms. The SMILES string of the molecule is Cl.O=C(NCC1CCCN1)c1cc(C2CC2)[nH]n1. The highest BCUT2D eigenvalue weighted by Gasteiger charge is 2.26. The molecule has 5 nitrogen and oxygen atoms in total. The summed E-state index contributed by atoms with van der Waals surface area (Å²) in [6.45, 7) is 1.76. The van der Waals surface area contributed by atoms with E-state index in [2.05, 4.69) is 20.8 Å². The molecule has 100 valence electrons. The van der Waals surface area contributed by atoms with Gasteiger partial charge in [-0.15, -0.1) is 12.4 Å². The lowest BCUT2D eigenvalue weighted by molar-refractivity contribution is 0.0945. The number of rotatable bonds is 4. The summed E-state index contributed by atoms with van der Waals surface area (Å²) in [5, 5.41) is 13.3. The van der Waals surface area contributed by atoms with Gasteiger partial charge in [-0.1, -0.05) is 0 Å². The Morgan fingerprint density at radius 2 is 2.28 bits per heavy atom. The number of hydrogen-bond donors (Lipinski definition) is 3. The van der Waals surface area contributed by atoms with Gasteiger partial charge < -0.3 is 10.6 Å². The Labute approximate surface area is 113 Å². The predicted octanol–water partition coefficient (Wildman–Crippen LogP) is 1.19. The summed E-state index contributed by atoms with van der Waals surface area (Å²) in [4.78, 5) is 11.8. The number of halogens is 1. The zero-order valence-electron chi connectivity index (χ0n) is 10.2. The lowest BCUT2D eigenvalue weighted by atomic mass is 10.2. The van der Waals surface area contributed by atoms with Crippen LogP contribution < -0.4 is 10.6 Å². The minimum atomic E-state index is -0.0677. The molecule has 3 N–H and O–H groups in total. The third-order valence-electron chi connectivity index (χ3n) is 3.52. The van der Waals surface area contributed by atoms with E-state index in [4.69, 9.17) is 0 Å². The van der Waals surface area contributed by atoms with E-state index >= 15 is 0 Å². The van der Waals surface area contributed by atoms with E-state index in [1.165, 1.54) is 19.3 Å². The van der Waals surface area contributed by atoms with Crippen LogP contribution in [0.25, 0.3) is 0 Å². The van der Waals surface area contributed by atoms with Gasteiger partial charge in [0, 0.05) is 24.2 Å². The van der Waals surface area contributed by atoms with Crippen molar-refractivity contribution in [1.82, 2.24) is 20.8 Å². The number of aromatic amines is 1. The highest BCUT2D eigenvalue weighted by Crippen LogP contribution is 2.38. The van der Waals surface area contributed by atoms with Gasteiger partial charge >= 0.3 is 0 Å². The predicted molar refractivity (Wildman–Crippen MR) is 71.2 cm³/mol. The van der Waals surface area contributed by atoms with Crippen molar-refractivity contribution in [1.29, 1.82) is 0 Å². The monoisotopic (exact) mass is 270 g/mol. The second-order valence-electron chi connectivity index (χ2n) is 4.99. The Bertz CT molecular complexity index is 410. The zero-order valence-corrected chi connectivity index (χ0v) is 11.1. The average Bonchev–Trinajstić information content (AvgIpc) is 2.88. The maximum Gasteiger partial charge on any atom is 0.271 e. The average molecular weight is 271 g/mol. The van der Waals surface area contributed by atoms with Crippen LogP contribution in [-0.2, 0) is 0 Å². The largest absolute Gasteiger partial charge is 0.349 e. The van der Waals surface area contributed by atoms with Crippen LogP contribution >= 0.6 is 12.4 Å². The Hall–Kier alpha value is -1.07. The van der Waals surface area contributed by atoms with Gasteiger partial charge in [0.15, 0.2) is 0 Å². The van der Waals surface area contributed by atoms with Crippen LogP contribution in [-0.4, -0.2) is 35.2 Å². The molecule has 2 aliphatic rings. The molecule has 1 unspecified atom stereocenters. The van der Waals surface area contributed by atoms with Crippen molar-refractivity contribution in [2.24, 2.45) is 0 Å². The van der Waals surface area contributed by atoms with Crippen molar-refractivity contribution < 1.29 is 4.79 Å². The molecule has 1 aromatic rings. The van der Waals surface area contributed by atoms with E-state index in [-0.39, 0.29) is 18.3 Å². The van der Waals surface area contributed by atoms with E-state index in [9.17, 15) is 4.79 Å². The molecule has 18 heavy (non-hydrogen) atoms. The summed E-state index contributed by atoms with van der Waals surface area (Å²) in [5.41, 5.74) is 1.62. The van der Waals surface area contributed by atoms with Gasteiger partial charge in [-0.3, -0.25) is 9.89 Å². The normalized spacial score (nSPS) is 22.6. The summed E-state index contributed by atoms with van der Waals surface area (Å²) in [6.07, 6.45) is 4.79. The molecular weight excluding hydrogens is 252 g/mol. The van der Waals surface area contributed by atoms with Crippen molar-refractivity contribution in [2.45, 2.75) is 37.6 Å². The summed E-state index contributed by atoms with van der Waals surface area (Å²) in [5.74, 6) is 0.544. The first-order valence-electron chi connectivity index (χ1n) is 6.40. The molecule has 0 bridgehead atoms. The highest BCUT2D eigenvalue weighted by molar-refractivity contribution is 5.92. The minimum Gasteiger partial charge on any atom is -0.349 e. The molecule has 1 saturated carbocycles. The van der Waals surface area contributed by atoms with Crippen LogP contribution in [0.5, 0.6) is 0 Å². The second-order valence-corrected chi connectivity index (χ2v) is 4.99. The van der Waals surface area contributed by atoms with Crippen LogP contribution in [0, 0.1) is 0 Å². The standard InChI is InChI=1S/C12H18N4O.ClH/c17-12(14-7-9-2-1-5-13-9)11-6-10(15-16-11)8-3-4-8;/h6,8-9,13H,1-5,7H2,(H,14,17)(H,15,16);1H. The number of aromatic nitrogens is 2. The maximum absolute atomic E-state index is 11.8. The zero-order chi connectivity index (χ0) is 11.7. The lowest BCUT2D eigenvalue weighted by Crippen LogP contribution is -2.37. The van der Waals surface area contributed by atoms with Crippen LogP contribution in [0.3, 0.4) is 0 Å². The molecule has 1 aliphatic carbocycles. The van der Waals surface area contributed by atoms with E-state index < -0.39 is 0 Å². The van der Waals surface area contributed by atoms with Crippen molar-refractivity contribution in [2.75, 3.05) is 13.1 Å². The third-order valence-corrected chi connectivity index (χ3v) is 3.52. The Balaban J connectivity index is 0.00000120. The van der Waals surface area contributed by atoms with Crippen molar-refractivity contribution in [3.8, 4) is 0 Å². The van der Waals surface area contributed by atoms with Crippen LogP contribution in [0.1, 0.15) is 47.8 Å². The van der Waals surface area contributed by atoms with E-state index in [0.29, 0.717) is 24.2 Å². The quantitative estimate of drug-likeness (QED) is 0.770. The van der Waals surface area contributed by atoms with Crippen LogP contribution in [0.2, 0.25) is 0 Å². The Morgan fingerprint density at radius 1 is 1.44 bits per heavy atom. The molecule has 1 amide bonds. The molecule has 1 aromatic heterocycles. The van der Waals surface area contributed by atoms with Gasteiger partial charge in [0.05, 0.1) is 0 Å². The van der Waals surface area contributed by atoms with Gasteiger partial charge in [0.1, 0.15) is 5.69 Å². The van der Waals surface area contributed by atoms with Gasteiger partial charge in [0.2, 0.25) is 0 Å². The highest BCUT2D eigenvalue weighted by atomic mass is 35.5. The van der Waals surface area contributed by atoms with Gasteiger partial charge in [-0.2, -0.15) is 5.10 Å². The number of H-pyrrole nitrogens is 1. The van der Waals surface area contributed by atoms with Crippen molar-refractivity contribution in [3.05, 3.63) is 17.5 Å². The first-order valence-corrected chi connectivity index (χ1v) is 6.40. The molecule has 2 heterocycles. The van der Waals surface area contributed by atoms with Crippen LogP contribution in [0.4, 0.5) is 0 Å². The molecule has 0 radical (unpaired) electrons. The molecule has 1 aliphatic heterocycles. The van der Waals surface area contributed by atoms with E-state index in [1.807, 2.05) is 6.07 Å². The number of nitrogens with one attached hydrogen (secondary N) is 3. The molecule has 1 saturated heterocycles. The number of carbonyl (C=O) groups excluding carboxylic acids is 1. The topological polar surface area (TPSA) is 69.8 Å². The van der Waals surface area contributed by atoms with E-state index in [1.54, 1.807) is 0 Å². The van der Waals surface area contributed by atoms with Gasteiger partial charge in [0.25, 0.3) is 5.91 Å². The van der Waals surface area contributed by atoms with Crippen LogP contribution in [0.15, 0.2) is 6.07 Å². The number of amides is 1. The van der Waals surface area contributed by atoms with Gasteiger partial charge in [-0.25, -0.2) is 0 Å². The number of hydrogen-bond acceptors (Lipinski definition) is 3. The number of carbonyl (C=O) groups is 1. The summed E-state index contributed by atoms with van der Waals surface area (Å²) < 4.78 is 0. The second kappa shape index (κ2) is 5.71. The molecule has 1 atom stereocenters. The van der Waals surface area contributed by atoms with Crippen molar-refractivity contribution >= 4 is 18.3 Å². The Morgan fingerprint density at radius 3 is 2.94 bits per heavy atom. The first kappa shape index (κ1) is 13.4. The van der Waals surface area contributed by atoms with Crippen molar-refractivity contribution in [3.63, 3.8) is 0 Å². The number of nitrogens with zero attached hydrogens (tertiary/aromatic N) is 1. The summed E-state index contributed by atoms with van der Waals surface area (Å²) in [6, 6.07) is 2.32. The maximum atomic E-state index is 11.8. The molecular formula is C12H19ClN4O. The summed E-state index contributed by atoms with van der Waals surface area (Å²) >= 11 is 0. The summed E-state index contributed by atoms with van der Waals surface area (Å²) in [7, 11) is 0. The fourth-order valence-corrected chi connectivity index (χ4v) is 2.29. The third kappa shape index (κ3) is 3.03. The molecule has 2 fully saturated rings. The first-order chi connectivity index (χ1) is 8.33. The molecule has 6 heteroatoms. The van der Waals surface area contributed by atoms with Gasteiger partial charge in [-0.05, 0) is 38.3 Å². The minimum absolute atomic E-state index is 0. The fraction of sp³-hybridized carbons (Fsp3) is 0.667. The fourth-order valence-electron chi connectivity index (χ4n) is 2.29. The smallest absolute Gasteiger partial charge is 0.271 e. The van der Waals surface area contributed by atoms with E-state index in [0.717, 1.165) is 18.7 Å². The Kier molecular flexibility index (Phi) is 4.24. The lowest BCUT2D eigenvalue weighted by Gasteiger charge is -2.10.